The first-order valence-corrected chi connectivity index (χ1v) is 10.0. The van der Waals surface area contributed by atoms with Gasteiger partial charge in [-0.3, -0.25) is 0 Å². The minimum atomic E-state index is 0.279. The molecule has 1 aliphatic carbocycles. The van der Waals surface area contributed by atoms with E-state index in [1.165, 1.54) is 0 Å². The summed E-state index contributed by atoms with van der Waals surface area (Å²) < 4.78 is 23.8. The van der Waals surface area contributed by atoms with Crippen molar-refractivity contribution in [1.82, 2.24) is 0 Å². The molecule has 0 unspecified atom stereocenters. The summed E-state index contributed by atoms with van der Waals surface area (Å²) in [6.45, 7) is 0.529. The first-order valence-electron chi connectivity index (χ1n) is 8.92. The highest BCUT2D eigenvalue weighted by Gasteiger charge is 2.22. The van der Waals surface area contributed by atoms with Crippen molar-refractivity contribution in [3.63, 3.8) is 0 Å². The van der Waals surface area contributed by atoms with E-state index in [2.05, 4.69) is 22.6 Å². The summed E-state index contributed by atoms with van der Waals surface area (Å²) in [5.74, 6) is 2.63. The Balaban J connectivity index is 1.53. The average molecular weight is 468 g/mol. The van der Waals surface area contributed by atoms with Crippen molar-refractivity contribution in [3.05, 3.63) is 51.6 Å². The molecule has 0 spiro atoms. The van der Waals surface area contributed by atoms with Gasteiger partial charge in [0, 0.05) is 7.11 Å². The van der Waals surface area contributed by atoms with E-state index in [0.29, 0.717) is 12.7 Å². The fourth-order valence-electron chi connectivity index (χ4n) is 3.12. The maximum atomic E-state index is 6.19. The Morgan fingerprint density at radius 1 is 0.885 bits per heavy atom. The Bertz CT molecular complexity index is 694. The highest BCUT2D eigenvalue weighted by Crippen LogP contribution is 2.30. The molecule has 3 rings (SSSR count). The molecular formula is C21H25IO4. The summed E-state index contributed by atoms with van der Waals surface area (Å²) in [4.78, 5) is 0. The lowest BCUT2D eigenvalue weighted by atomic mass is 9.95. The summed E-state index contributed by atoms with van der Waals surface area (Å²) in [5.41, 5.74) is 1.11. The second kappa shape index (κ2) is 9.46. The van der Waals surface area contributed by atoms with Crippen LogP contribution < -0.4 is 14.2 Å². The van der Waals surface area contributed by atoms with Crippen LogP contribution >= 0.6 is 22.6 Å². The van der Waals surface area contributed by atoms with Crippen LogP contribution in [0.1, 0.15) is 31.2 Å². The van der Waals surface area contributed by atoms with Crippen LogP contribution in [0.25, 0.3) is 0 Å². The lowest BCUT2D eigenvalue weighted by molar-refractivity contribution is 0.0325. The third-order valence-electron chi connectivity index (χ3n) is 4.72. The van der Waals surface area contributed by atoms with Crippen LogP contribution in [0.3, 0.4) is 0 Å². The van der Waals surface area contributed by atoms with Gasteiger partial charge in [0.1, 0.15) is 23.9 Å². The van der Waals surface area contributed by atoms with Gasteiger partial charge in [-0.05, 0) is 84.2 Å². The molecule has 0 atom stereocenters. The molecule has 0 amide bonds. The van der Waals surface area contributed by atoms with Crippen LogP contribution in [0.5, 0.6) is 17.2 Å². The quantitative estimate of drug-likeness (QED) is 0.523. The zero-order chi connectivity index (χ0) is 18.4. The van der Waals surface area contributed by atoms with E-state index in [9.17, 15) is 0 Å². The summed E-state index contributed by atoms with van der Waals surface area (Å²) >= 11 is 2.31. The number of ether oxygens (including phenoxy) is 4. The van der Waals surface area contributed by atoms with Crippen LogP contribution in [0.15, 0.2) is 42.5 Å². The monoisotopic (exact) mass is 468 g/mol. The maximum absolute atomic E-state index is 6.19. The fourth-order valence-corrected chi connectivity index (χ4v) is 3.73. The Labute approximate surface area is 168 Å². The summed E-state index contributed by atoms with van der Waals surface area (Å²) in [6, 6.07) is 13.9. The summed E-state index contributed by atoms with van der Waals surface area (Å²) in [7, 11) is 3.46. The van der Waals surface area contributed by atoms with E-state index in [1.54, 1.807) is 14.2 Å². The molecule has 0 aromatic heterocycles. The van der Waals surface area contributed by atoms with Gasteiger partial charge in [0.2, 0.25) is 0 Å². The highest BCUT2D eigenvalue weighted by atomic mass is 127. The first kappa shape index (κ1) is 19.3. The third kappa shape index (κ3) is 5.27. The zero-order valence-corrected chi connectivity index (χ0v) is 17.4. The normalized spacial score (nSPS) is 19.8. The van der Waals surface area contributed by atoms with Gasteiger partial charge in [-0.15, -0.1) is 0 Å². The average Bonchev–Trinajstić information content (AvgIpc) is 2.69. The van der Waals surface area contributed by atoms with Crippen molar-refractivity contribution < 1.29 is 18.9 Å². The minimum absolute atomic E-state index is 0.279. The standard InChI is InChI=1S/C21H25IO4/c1-23-16-5-3-15(4-6-16)14-25-19-11-12-21(20(22)13-19)26-18-9-7-17(24-2)8-10-18/h3-6,11-13,17-18H,7-10,14H2,1-2H3/t17-,18-. The van der Waals surface area contributed by atoms with Gasteiger partial charge in [-0.2, -0.15) is 0 Å². The minimum Gasteiger partial charge on any atom is -0.497 e. The van der Waals surface area contributed by atoms with Gasteiger partial charge in [0.05, 0.1) is 22.9 Å². The van der Waals surface area contributed by atoms with Crippen LogP contribution in [-0.4, -0.2) is 26.4 Å². The molecule has 26 heavy (non-hydrogen) atoms. The van der Waals surface area contributed by atoms with Gasteiger partial charge >= 0.3 is 0 Å². The number of methoxy groups -OCH3 is 2. The Morgan fingerprint density at radius 2 is 1.54 bits per heavy atom. The third-order valence-corrected chi connectivity index (χ3v) is 5.56. The molecule has 1 fully saturated rings. The topological polar surface area (TPSA) is 36.9 Å². The number of benzene rings is 2. The molecule has 0 bridgehead atoms. The second-order valence-electron chi connectivity index (χ2n) is 6.48. The van der Waals surface area contributed by atoms with Crippen molar-refractivity contribution in [2.24, 2.45) is 0 Å². The predicted molar refractivity (Wildman–Crippen MR) is 110 cm³/mol. The Hall–Kier alpha value is -1.47. The van der Waals surface area contributed by atoms with Gasteiger partial charge < -0.3 is 18.9 Å². The predicted octanol–water partition coefficient (Wildman–Crippen LogP) is 5.22. The van der Waals surface area contributed by atoms with Gasteiger partial charge in [0.15, 0.2) is 0 Å². The molecule has 5 heteroatoms. The van der Waals surface area contributed by atoms with E-state index in [4.69, 9.17) is 18.9 Å². The van der Waals surface area contributed by atoms with Gasteiger partial charge in [0.25, 0.3) is 0 Å². The first-order chi connectivity index (χ1) is 12.7. The molecule has 2 aromatic rings. The van der Waals surface area contributed by atoms with Crippen LogP contribution in [0.2, 0.25) is 0 Å². The molecular weight excluding hydrogens is 443 g/mol. The lowest BCUT2D eigenvalue weighted by Crippen LogP contribution is -2.27. The molecule has 2 aromatic carbocycles. The number of hydrogen-bond acceptors (Lipinski definition) is 4. The SMILES string of the molecule is COc1ccc(COc2ccc(O[C@H]3CC[C@H](OC)CC3)c(I)c2)cc1. The number of hydrogen-bond donors (Lipinski definition) is 0. The zero-order valence-electron chi connectivity index (χ0n) is 15.2. The van der Waals surface area contributed by atoms with Crippen molar-refractivity contribution in [1.29, 1.82) is 0 Å². The second-order valence-corrected chi connectivity index (χ2v) is 7.64. The smallest absolute Gasteiger partial charge is 0.133 e. The van der Waals surface area contributed by atoms with E-state index < -0.39 is 0 Å². The molecule has 0 radical (unpaired) electrons. The van der Waals surface area contributed by atoms with E-state index >= 15 is 0 Å². The maximum Gasteiger partial charge on any atom is 0.133 e. The van der Waals surface area contributed by atoms with Crippen LogP contribution in [0.4, 0.5) is 0 Å². The summed E-state index contributed by atoms with van der Waals surface area (Å²) in [5, 5.41) is 0. The molecule has 4 nitrogen and oxygen atoms in total. The van der Waals surface area contributed by atoms with Gasteiger partial charge in [-0.25, -0.2) is 0 Å². The van der Waals surface area contributed by atoms with Crippen LogP contribution in [-0.2, 0) is 11.3 Å². The lowest BCUT2D eigenvalue weighted by Gasteiger charge is -2.28. The van der Waals surface area contributed by atoms with Crippen molar-refractivity contribution in [2.45, 2.75) is 44.5 Å². The molecule has 0 N–H and O–H groups in total. The van der Waals surface area contributed by atoms with Crippen molar-refractivity contribution >= 4 is 22.6 Å². The summed E-state index contributed by atoms with van der Waals surface area (Å²) in [6.07, 6.45) is 4.90. The fraction of sp³-hybridized carbons (Fsp3) is 0.429. The highest BCUT2D eigenvalue weighted by molar-refractivity contribution is 14.1. The number of halogens is 1. The molecule has 140 valence electrons. The van der Waals surface area contributed by atoms with E-state index in [0.717, 1.165) is 52.1 Å². The molecule has 1 saturated carbocycles. The molecule has 0 heterocycles. The van der Waals surface area contributed by atoms with Gasteiger partial charge in [-0.1, -0.05) is 12.1 Å². The molecule has 0 saturated heterocycles. The van der Waals surface area contributed by atoms with Crippen molar-refractivity contribution in [3.8, 4) is 17.2 Å². The molecule has 0 aliphatic heterocycles. The van der Waals surface area contributed by atoms with Crippen LogP contribution in [0, 0.1) is 3.57 Å². The van der Waals surface area contributed by atoms with E-state index in [1.807, 2.05) is 42.5 Å². The number of rotatable bonds is 7. The Kier molecular flexibility index (Phi) is 7.02. The largest absolute Gasteiger partial charge is 0.497 e. The molecule has 1 aliphatic rings. The Morgan fingerprint density at radius 3 is 2.15 bits per heavy atom. The van der Waals surface area contributed by atoms with E-state index in [-0.39, 0.29) is 6.10 Å². The van der Waals surface area contributed by atoms with Crippen molar-refractivity contribution in [2.75, 3.05) is 14.2 Å².